The molecule has 0 atom stereocenters. The normalized spacial score (nSPS) is 11.3. The van der Waals surface area contributed by atoms with E-state index in [9.17, 15) is 4.57 Å². The Labute approximate surface area is 81.4 Å². The summed E-state index contributed by atoms with van der Waals surface area (Å²) in [4.78, 5) is 21.5. The molecule has 0 spiro atoms. The van der Waals surface area contributed by atoms with E-state index in [1.807, 2.05) is 0 Å². The molecule has 0 radical (unpaired) electrons. The zero-order valence-electron chi connectivity index (χ0n) is 7.42. The van der Waals surface area contributed by atoms with Crippen molar-refractivity contribution in [3.05, 3.63) is 35.9 Å². The van der Waals surface area contributed by atoms with Crippen LogP contribution in [-0.2, 0) is 11.0 Å². The molecular formula is C8H11N2O3P. The minimum Gasteiger partial charge on any atom is -0.397 e. The van der Waals surface area contributed by atoms with Crippen molar-refractivity contribution in [2.24, 2.45) is 0 Å². The van der Waals surface area contributed by atoms with Gasteiger partial charge in [0.25, 0.3) is 0 Å². The van der Waals surface area contributed by atoms with E-state index in [1.165, 1.54) is 6.20 Å². The average Bonchev–Trinajstić information content (AvgIpc) is 2.07. The van der Waals surface area contributed by atoms with Gasteiger partial charge in [-0.15, -0.1) is 0 Å². The Balaban J connectivity index is 2.86. The summed E-state index contributed by atoms with van der Waals surface area (Å²) >= 11 is 0. The van der Waals surface area contributed by atoms with Crippen molar-refractivity contribution >= 4 is 13.3 Å². The van der Waals surface area contributed by atoms with E-state index in [1.54, 1.807) is 12.1 Å². The molecule has 0 bridgehead atoms. The quantitative estimate of drug-likeness (QED) is 0.649. The summed E-state index contributed by atoms with van der Waals surface area (Å²) in [5, 5.41) is -0.178. The lowest BCUT2D eigenvalue weighted by Gasteiger charge is -2.08. The summed E-state index contributed by atoms with van der Waals surface area (Å²) in [6, 6.07) is 3.27. The van der Waals surface area contributed by atoms with Gasteiger partial charge in [0, 0.05) is 17.9 Å². The average molecular weight is 214 g/mol. The van der Waals surface area contributed by atoms with E-state index in [4.69, 9.17) is 15.5 Å². The third-order valence-corrected chi connectivity index (χ3v) is 2.69. The second kappa shape index (κ2) is 3.92. The number of allylic oxidation sites excluding steroid dienone is 1. The Morgan fingerprint density at radius 2 is 2.29 bits per heavy atom. The number of pyridine rings is 1. The smallest absolute Gasteiger partial charge is 0.352 e. The van der Waals surface area contributed by atoms with Crippen molar-refractivity contribution in [3.8, 4) is 0 Å². The van der Waals surface area contributed by atoms with Crippen LogP contribution in [0.3, 0.4) is 0 Å². The molecule has 1 aromatic heterocycles. The van der Waals surface area contributed by atoms with E-state index in [2.05, 4.69) is 11.6 Å². The number of nitrogens with two attached hydrogens (primary N) is 1. The second-order valence-electron chi connectivity index (χ2n) is 2.83. The Morgan fingerprint density at radius 3 is 2.79 bits per heavy atom. The van der Waals surface area contributed by atoms with Crippen LogP contribution >= 0.6 is 7.60 Å². The van der Waals surface area contributed by atoms with Gasteiger partial charge in [0.15, 0.2) is 0 Å². The topological polar surface area (TPSA) is 96.4 Å². The highest BCUT2D eigenvalue weighted by Crippen LogP contribution is 2.45. The summed E-state index contributed by atoms with van der Waals surface area (Å²) in [5.74, 6) is 0. The molecule has 14 heavy (non-hydrogen) atoms. The molecule has 0 aliphatic rings. The molecule has 76 valence electrons. The highest BCUT2D eigenvalue weighted by atomic mass is 31.2. The first-order valence-electron chi connectivity index (χ1n) is 3.84. The Kier molecular flexibility index (Phi) is 3.06. The summed E-state index contributed by atoms with van der Waals surface area (Å²) in [6.45, 7) is 3.30. The van der Waals surface area contributed by atoms with Gasteiger partial charge in [-0.05, 0) is 12.1 Å². The monoisotopic (exact) mass is 214 g/mol. The Hall–Kier alpha value is -1.16. The summed E-state index contributed by atoms with van der Waals surface area (Å²) in [6.07, 6.45) is 1.51. The number of anilines is 1. The van der Waals surface area contributed by atoms with E-state index >= 15 is 0 Å². The van der Waals surface area contributed by atoms with Crippen LogP contribution in [0.15, 0.2) is 30.2 Å². The molecule has 0 aromatic carbocycles. The Morgan fingerprint density at radius 1 is 1.64 bits per heavy atom. The molecular weight excluding hydrogens is 203 g/mol. The summed E-state index contributed by atoms with van der Waals surface area (Å²) in [7, 11) is -4.23. The van der Waals surface area contributed by atoms with Crippen LogP contribution in [0, 0.1) is 0 Å². The van der Waals surface area contributed by atoms with Gasteiger partial charge >= 0.3 is 7.60 Å². The molecule has 0 fully saturated rings. The molecule has 6 heteroatoms. The molecule has 0 unspecified atom stereocenters. The van der Waals surface area contributed by atoms with Crippen LogP contribution in [0.25, 0.3) is 0 Å². The molecule has 1 aromatic rings. The first-order chi connectivity index (χ1) is 6.41. The zero-order valence-corrected chi connectivity index (χ0v) is 8.32. The number of hydrogen-bond acceptors (Lipinski definition) is 3. The lowest BCUT2D eigenvalue weighted by Crippen LogP contribution is -1.99. The fourth-order valence-electron chi connectivity index (χ4n) is 0.894. The molecule has 0 amide bonds. The molecule has 0 aliphatic carbocycles. The molecule has 1 heterocycles. The predicted molar refractivity (Wildman–Crippen MR) is 53.5 cm³/mol. The van der Waals surface area contributed by atoms with Gasteiger partial charge in [-0.25, -0.2) is 0 Å². The maximum Gasteiger partial charge on any atom is 0.352 e. The second-order valence-corrected chi connectivity index (χ2v) is 4.55. The largest absolute Gasteiger partial charge is 0.397 e. The van der Waals surface area contributed by atoms with Gasteiger partial charge in [0.2, 0.25) is 0 Å². The van der Waals surface area contributed by atoms with Gasteiger partial charge < -0.3 is 15.5 Å². The van der Waals surface area contributed by atoms with Crippen LogP contribution in [0.2, 0.25) is 0 Å². The van der Waals surface area contributed by atoms with Crippen molar-refractivity contribution in [2.75, 3.05) is 5.73 Å². The lowest BCUT2D eigenvalue weighted by molar-refractivity contribution is 0.381. The maximum absolute atomic E-state index is 10.8. The first kappa shape index (κ1) is 10.9. The Bertz CT molecular complexity index is 399. The lowest BCUT2D eigenvalue weighted by atomic mass is 10.2. The van der Waals surface area contributed by atoms with Crippen molar-refractivity contribution < 1.29 is 14.4 Å². The van der Waals surface area contributed by atoms with E-state index < -0.39 is 7.60 Å². The number of hydrogen-bond donors (Lipinski definition) is 3. The zero-order chi connectivity index (χ0) is 10.8. The third kappa shape index (κ3) is 2.67. The van der Waals surface area contributed by atoms with Crippen molar-refractivity contribution in [2.45, 2.75) is 6.42 Å². The fourth-order valence-corrected chi connectivity index (χ4v) is 1.25. The summed E-state index contributed by atoms with van der Waals surface area (Å²) < 4.78 is 10.8. The predicted octanol–water partition coefficient (Wildman–Crippen LogP) is 0.898. The van der Waals surface area contributed by atoms with Gasteiger partial charge in [0.05, 0.1) is 11.4 Å². The number of aromatic nitrogens is 1. The van der Waals surface area contributed by atoms with Gasteiger partial charge in [-0.3, -0.25) is 9.55 Å². The van der Waals surface area contributed by atoms with E-state index in [0.717, 1.165) is 0 Å². The van der Waals surface area contributed by atoms with Crippen LogP contribution in [0.1, 0.15) is 5.69 Å². The highest BCUT2D eigenvalue weighted by molar-refractivity contribution is 7.56. The van der Waals surface area contributed by atoms with Crippen LogP contribution in [0.5, 0.6) is 0 Å². The van der Waals surface area contributed by atoms with Crippen molar-refractivity contribution in [1.29, 1.82) is 0 Å². The maximum atomic E-state index is 10.8. The highest BCUT2D eigenvalue weighted by Gasteiger charge is 2.19. The number of nitrogen functional groups attached to an aromatic ring is 1. The van der Waals surface area contributed by atoms with Crippen molar-refractivity contribution in [1.82, 2.24) is 4.98 Å². The minimum atomic E-state index is -4.23. The van der Waals surface area contributed by atoms with Crippen LogP contribution in [0.4, 0.5) is 5.69 Å². The van der Waals surface area contributed by atoms with Crippen LogP contribution < -0.4 is 5.73 Å². The third-order valence-electron chi connectivity index (χ3n) is 1.71. The van der Waals surface area contributed by atoms with E-state index in [0.29, 0.717) is 11.4 Å². The summed E-state index contributed by atoms with van der Waals surface area (Å²) in [5.41, 5.74) is 6.39. The SMILES string of the molecule is C=C(Cc1ncccc1N)P(=O)(O)O. The van der Waals surface area contributed by atoms with Gasteiger partial charge in [0.1, 0.15) is 0 Å². The molecule has 4 N–H and O–H groups in total. The number of nitrogens with zero attached hydrogens (tertiary/aromatic N) is 1. The molecule has 0 saturated carbocycles. The molecule has 0 aliphatic heterocycles. The minimum absolute atomic E-state index is 0.00302. The standard InChI is InChI=1S/C8H11N2O3P/c1-6(14(11,12)13)5-8-7(9)3-2-4-10-8/h2-4H,1,5,9H2,(H2,11,12,13). The molecule has 5 nitrogen and oxygen atoms in total. The first-order valence-corrected chi connectivity index (χ1v) is 5.46. The fraction of sp³-hybridized carbons (Fsp3) is 0.125. The van der Waals surface area contributed by atoms with Gasteiger partial charge in [-0.1, -0.05) is 6.58 Å². The van der Waals surface area contributed by atoms with E-state index in [-0.39, 0.29) is 11.7 Å². The molecule has 1 rings (SSSR count). The van der Waals surface area contributed by atoms with Crippen molar-refractivity contribution in [3.63, 3.8) is 0 Å². The number of rotatable bonds is 3. The van der Waals surface area contributed by atoms with Crippen LogP contribution in [-0.4, -0.2) is 14.8 Å². The molecule has 0 saturated heterocycles. The van der Waals surface area contributed by atoms with Gasteiger partial charge in [-0.2, -0.15) is 0 Å².